The highest BCUT2D eigenvalue weighted by Gasteiger charge is 2.30. The van der Waals surface area contributed by atoms with Crippen molar-refractivity contribution in [1.29, 1.82) is 0 Å². The van der Waals surface area contributed by atoms with Crippen molar-refractivity contribution < 1.29 is 23.1 Å². The first-order valence-corrected chi connectivity index (χ1v) is 6.29. The van der Waals surface area contributed by atoms with Crippen LogP contribution in [0.5, 0.6) is 0 Å². The molecule has 0 saturated heterocycles. The third-order valence-electron chi connectivity index (χ3n) is 3.25. The summed E-state index contributed by atoms with van der Waals surface area (Å²) >= 11 is 0. The third kappa shape index (κ3) is 2.56. The minimum Gasteiger partial charge on any atom is -0.477 e. The lowest BCUT2D eigenvalue weighted by Crippen LogP contribution is -2.15. The monoisotopic (exact) mass is 323 g/mol. The van der Waals surface area contributed by atoms with Crippen LogP contribution in [-0.2, 0) is 6.18 Å². The Morgan fingerprint density at radius 2 is 1.87 bits per heavy atom. The van der Waals surface area contributed by atoms with Gasteiger partial charge in [0.2, 0.25) is 0 Å². The maximum Gasteiger partial charge on any atom is 0.416 e. The highest BCUT2D eigenvalue weighted by atomic mass is 19.4. The second kappa shape index (κ2) is 4.97. The average Bonchev–Trinajstić information content (AvgIpc) is 2.91. The second-order valence-corrected chi connectivity index (χ2v) is 4.72. The van der Waals surface area contributed by atoms with Crippen molar-refractivity contribution >= 4 is 11.6 Å². The lowest BCUT2D eigenvalue weighted by molar-refractivity contribution is -0.137. The maximum atomic E-state index is 12.6. The van der Waals surface area contributed by atoms with Gasteiger partial charge in [0, 0.05) is 6.07 Å². The van der Waals surface area contributed by atoms with E-state index in [1.165, 1.54) is 12.1 Å². The number of hydrogen-bond acceptors (Lipinski definition) is 3. The molecule has 0 spiro atoms. The summed E-state index contributed by atoms with van der Waals surface area (Å²) in [6.45, 7) is 0. The Labute approximate surface area is 125 Å². The molecule has 0 bridgehead atoms. The summed E-state index contributed by atoms with van der Waals surface area (Å²) in [5.41, 5.74) is -1.16. The number of nitrogens with one attached hydrogen (secondary N) is 1. The molecule has 9 heteroatoms. The average molecular weight is 323 g/mol. The summed E-state index contributed by atoms with van der Waals surface area (Å²) in [6, 6.07) is 5.29. The minimum atomic E-state index is -4.46. The molecule has 0 aliphatic carbocycles. The van der Waals surface area contributed by atoms with E-state index in [9.17, 15) is 22.8 Å². The van der Waals surface area contributed by atoms with Crippen molar-refractivity contribution in [3.05, 3.63) is 58.0 Å². The van der Waals surface area contributed by atoms with Crippen LogP contribution in [0.25, 0.3) is 16.9 Å². The summed E-state index contributed by atoms with van der Waals surface area (Å²) in [5, 5.41) is 12.7. The molecule has 6 nitrogen and oxygen atoms in total. The van der Waals surface area contributed by atoms with Crippen LogP contribution >= 0.6 is 0 Å². The van der Waals surface area contributed by atoms with Crippen LogP contribution in [-0.4, -0.2) is 25.7 Å². The number of carboxylic acids is 1. The zero-order chi connectivity index (χ0) is 16.8. The largest absolute Gasteiger partial charge is 0.477 e. The lowest BCUT2D eigenvalue weighted by Gasteiger charge is -2.08. The van der Waals surface area contributed by atoms with Crippen LogP contribution in [0.15, 0.2) is 41.3 Å². The van der Waals surface area contributed by atoms with Crippen LogP contribution in [0.1, 0.15) is 15.9 Å². The molecule has 0 amide bonds. The van der Waals surface area contributed by atoms with E-state index in [1.807, 2.05) is 0 Å². The fourth-order valence-electron chi connectivity index (χ4n) is 2.13. The molecule has 0 aliphatic heterocycles. The van der Waals surface area contributed by atoms with Crippen LogP contribution < -0.4 is 5.56 Å². The van der Waals surface area contributed by atoms with Crippen molar-refractivity contribution in [3.8, 4) is 11.3 Å². The Hall–Kier alpha value is -3.10. The van der Waals surface area contributed by atoms with E-state index in [0.29, 0.717) is 5.56 Å². The van der Waals surface area contributed by atoms with E-state index < -0.39 is 23.3 Å². The Morgan fingerprint density at radius 3 is 2.43 bits per heavy atom. The SMILES string of the molecule is O=C(O)c1cnn2c(=O)cc(-c3ccc(C(F)(F)F)cc3)[nH]c12. The predicted octanol–water partition coefficient (Wildman–Crippen LogP) is 2.41. The number of fused-ring (bicyclic) bond motifs is 1. The van der Waals surface area contributed by atoms with Gasteiger partial charge in [-0.15, -0.1) is 0 Å². The van der Waals surface area contributed by atoms with Gasteiger partial charge in [0.05, 0.1) is 17.5 Å². The van der Waals surface area contributed by atoms with Crippen molar-refractivity contribution in [1.82, 2.24) is 14.6 Å². The molecule has 0 unspecified atom stereocenters. The number of alkyl halides is 3. The van der Waals surface area contributed by atoms with E-state index in [1.54, 1.807) is 0 Å². The van der Waals surface area contributed by atoms with Crippen LogP contribution in [0.3, 0.4) is 0 Å². The van der Waals surface area contributed by atoms with E-state index in [-0.39, 0.29) is 16.9 Å². The zero-order valence-corrected chi connectivity index (χ0v) is 11.3. The minimum absolute atomic E-state index is 0.0418. The fraction of sp³-hybridized carbons (Fsp3) is 0.0714. The molecule has 0 aliphatic rings. The molecule has 0 radical (unpaired) electrons. The fourth-order valence-corrected chi connectivity index (χ4v) is 2.13. The Kier molecular flexibility index (Phi) is 3.20. The number of rotatable bonds is 2. The van der Waals surface area contributed by atoms with Crippen LogP contribution in [0, 0.1) is 0 Å². The quantitative estimate of drug-likeness (QED) is 0.758. The number of carbonyl (C=O) groups is 1. The van der Waals surface area contributed by atoms with Crippen molar-refractivity contribution in [2.24, 2.45) is 0 Å². The standard InChI is InChI=1S/C14H8F3N3O3/c15-14(16,17)8-3-1-7(2-4-8)10-5-11(21)20-12(19-10)9(6-18-20)13(22)23/h1-6,19H,(H,22,23). The third-order valence-corrected chi connectivity index (χ3v) is 3.25. The van der Waals surface area contributed by atoms with Gasteiger partial charge in [0.25, 0.3) is 5.56 Å². The normalized spacial score (nSPS) is 11.8. The number of nitrogens with zero attached hydrogens (tertiary/aromatic N) is 2. The van der Waals surface area contributed by atoms with Gasteiger partial charge >= 0.3 is 12.1 Å². The van der Waals surface area contributed by atoms with E-state index in [2.05, 4.69) is 10.1 Å². The van der Waals surface area contributed by atoms with Gasteiger partial charge in [0.15, 0.2) is 5.65 Å². The van der Waals surface area contributed by atoms with Crippen LogP contribution in [0.4, 0.5) is 13.2 Å². The van der Waals surface area contributed by atoms with Gasteiger partial charge < -0.3 is 10.1 Å². The smallest absolute Gasteiger partial charge is 0.416 e. The van der Waals surface area contributed by atoms with Gasteiger partial charge in [-0.3, -0.25) is 4.79 Å². The van der Waals surface area contributed by atoms with Crippen molar-refractivity contribution in [3.63, 3.8) is 0 Å². The molecule has 2 aromatic heterocycles. The number of halogens is 3. The number of carboxylic acid groups (broad SMARTS) is 1. The molecule has 3 aromatic rings. The number of benzene rings is 1. The molecule has 0 atom stereocenters. The van der Waals surface area contributed by atoms with Gasteiger partial charge in [-0.05, 0) is 17.7 Å². The van der Waals surface area contributed by atoms with E-state index >= 15 is 0 Å². The van der Waals surface area contributed by atoms with Gasteiger partial charge in [-0.2, -0.15) is 22.8 Å². The maximum absolute atomic E-state index is 12.6. The van der Waals surface area contributed by atoms with Crippen molar-refractivity contribution in [2.45, 2.75) is 6.18 Å². The van der Waals surface area contributed by atoms with Crippen molar-refractivity contribution in [2.75, 3.05) is 0 Å². The molecule has 118 valence electrons. The van der Waals surface area contributed by atoms with Gasteiger partial charge in [0.1, 0.15) is 5.56 Å². The topological polar surface area (TPSA) is 87.5 Å². The van der Waals surface area contributed by atoms with Gasteiger partial charge in [-0.1, -0.05) is 12.1 Å². The molecule has 2 N–H and O–H groups in total. The highest BCUT2D eigenvalue weighted by molar-refractivity contribution is 5.94. The van der Waals surface area contributed by atoms with E-state index in [0.717, 1.165) is 28.9 Å². The Morgan fingerprint density at radius 1 is 1.22 bits per heavy atom. The highest BCUT2D eigenvalue weighted by Crippen LogP contribution is 2.30. The Bertz CT molecular complexity index is 955. The first-order valence-electron chi connectivity index (χ1n) is 6.29. The molecule has 23 heavy (non-hydrogen) atoms. The summed E-state index contributed by atoms with van der Waals surface area (Å²) in [7, 11) is 0. The molecule has 3 rings (SSSR count). The summed E-state index contributed by atoms with van der Waals surface area (Å²) in [6.07, 6.45) is -3.44. The number of hydrogen-bond donors (Lipinski definition) is 2. The summed E-state index contributed by atoms with van der Waals surface area (Å²) in [5.74, 6) is -1.28. The second-order valence-electron chi connectivity index (χ2n) is 4.72. The number of aromatic amines is 1. The van der Waals surface area contributed by atoms with Gasteiger partial charge in [-0.25, -0.2) is 4.79 Å². The molecular formula is C14H8F3N3O3. The van der Waals surface area contributed by atoms with Crippen LogP contribution in [0.2, 0.25) is 0 Å². The number of aromatic nitrogens is 3. The zero-order valence-electron chi connectivity index (χ0n) is 11.3. The summed E-state index contributed by atoms with van der Waals surface area (Å²) < 4.78 is 38.6. The predicted molar refractivity (Wildman–Crippen MR) is 73.2 cm³/mol. The molecule has 0 fully saturated rings. The molecule has 0 saturated carbocycles. The number of H-pyrrole nitrogens is 1. The van der Waals surface area contributed by atoms with E-state index in [4.69, 9.17) is 5.11 Å². The first-order chi connectivity index (χ1) is 10.8. The summed E-state index contributed by atoms with van der Waals surface area (Å²) in [4.78, 5) is 25.7. The number of aromatic carboxylic acids is 1. The molecular weight excluding hydrogens is 315 g/mol. The molecule has 2 heterocycles. The molecule has 1 aromatic carbocycles. The lowest BCUT2D eigenvalue weighted by atomic mass is 10.1. The Balaban J connectivity index is 2.15. The first kappa shape index (κ1) is 14.8.